The molecule has 1 aliphatic heterocycles. The molecule has 5 heteroatoms. The Morgan fingerprint density at radius 1 is 1.17 bits per heavy atom. The molecule has 1 heterocycles. The number of carboxylic acids is 1. The smallest absolute Gasteiger partial charge is 0.335 e. The van der Waals surface area contributed by atoms with Crippen LogP contribution in [0.2, 0.25) is 0 Å². The third-order valence-electron chi connectivity index (χ3n) is 4.21. The Kier molecular flexibility index (Phi) is 4.62. The summed E-state index contributed by atoms with van der Waals surface area (Å²) in [6.45, 7) is 0.940. The molecule has 0 radical (unpaired) electrons. The van der Waals surface area contributed by atoms with E-state index in [9.17, 15) is 9.59 Å². The van der Waals surface area contributed by atoms with Crippen molar-refractivity contribution in [2.45, 2.75) is 19.1 Å². The van der Waals surface area contributed by atoms with E-state index in [-0.39, 0.29) is 11.5 Å². The predicted octanol–water partition coefficient (Wildman–Crippen LogP) is 2.66. The minimum absolute atomic E-state index is 0.0931. The maximum atomic E-state index is 12.7. The van der Waals surface area contributed by atoms with Crippen LogP contribution in [0.3, 0.4) is 0 Å². The van der Waals surface area contributed by atoms with Crippen molar-refractivity contribution in [3.8, 4) is 0 Å². The van der Waals surface area contributed by atoms with E-state index in [1.54, 1.807) is 36.2 Å². The lowest BCUT2D eigenvalue weighted by Gasteiger charge is -2.29. The summed E-state index contributed by atoms with van der Waals surface area (Å²) in [4.78, 5) is 25.2. The van der Waals surface area contributed by atoms with Gasteiger partial charge >= 0.3 is 5.97 Å². The number of amides is 1. The summed E-state index contributed by atoms with van der Waals surface area (Å²) in [5.74, 6) is -1.05. The van der Waals surface area contributed by atoms with Gasteiger partial charge in [-0.05, 0) is 35.2 Å². The summed E-state index contributed by atoms with van der Waals surface area (Å²) in [6.07, 6.45) is 0.249. The highest BCUT2D eigenvalue weighted by Gasteiger charge is 2.29. The molecule has 124 valence electrons. The predicted molar refractivity (Wildman–Crippen MR) is 88.7 cm³/mol. The van der Waals surface area contributed by atoms with Gasteiger partial charge in [0.25, 0.3) is 5.91 Å². The Bertz CT molecular complexity index is 754. The molecule has 0 saturated carbocycles. The normalized spacial score (nSPS) is 16.3. The first-order chi connectivity index (χ1) is 11.6. The van der Waals surface area contributed by atoms with E-state index in [2.05, 4.69) is 0 Å². The molecule has 0 spiro atoms. The fraction of sp³-hybridized carbons (Fsp3) is 0.263. The van der Waals surface area contributed by atoms with Crippen LogP contribution in [-0.2, 0) is 22.5 Å². The number of nitrogens with zero attached hydrogens (tertiary/aromatic N) is 1. The maximum Gasteiger partial charge on any atom is 0.335 e. The standard InChI is InChI=1S/C19H19NO4/c1-20(12-13-6-8-15(9-7-13)19(22)23)18(21)17-16-5-3-2-4-14(16)10-11-24-17/h2-9,17H,10-12H2,1H3,(H,22,23). The van der Waals surface area contributed by atoms with Crippen molar-refractivity contribution in [2.24, 2.45) is 0 Å². The van der Waals surface area contributed by atoms with E-state index in [0.717, 1.165) is 23.1 Å². The molecule has 5 nitrogen and oxygen atoms in total. The number of fused-ring (bicyclic) bond motifs is 1. The molecule has 0 aromatic heterocycles. The highest BCUT2D eigenvalue weighted by molar-refractivity contribution is 5.87. The van der Waals surface area contributed by atoms with Crippen molar-refractivity contribution in [3.63, 3.8) is 0 Å². The van der Waals surface area contributed by atoms with E-state index in [1.165, 1.54) is 0 Å². The quantitative estimate of drug-likeness (QED) is 0.938. The van der Waals surface area contributed by atoms with Crippen molar-refractivity contribution in [2.75, 3.05) is 13.7 Å². The van der Waals surface area contributed by atoms with E-state index < -0.39 is 12.1 Å². The average molecular weight is 325 g/mol. The SMILES string of the molecule is CN(Cc1ccc(C(=O)O)cc1)C(=O)C1OCCc2ccccc21. The van der Waals surface area contributed by atoms with E-state index in [0.29, 0.717) is 13.2 Å². The molecule has 0 aliphatic carbocycles. The number of carbonyl (C=O) groups is 2. The van der Waals surface area contributed by atoms with Gasteiger partial charge in [-0.2, -0.15) is 0 Å². The third kappa shape index (κ3) is 3.31. The van der Waals surface area contributed by atoms with Crippen LogP contribution in [-0.4, -0.2) is 35.5 Å². The van der Waals surface area contributed by atoms with Gasteiger partial charge < -0.3 is 14.7 Å². The van der Waals surface area contributed by atoms with Crippen LogP contribution >= 0.6 is 0 Å². The van der Waals surface area contributed by atoms with Gasteiger partial charge in [-0.3, -0.25) is 4.79 Å². The molecule has 0 bridgehead atoms. The molecule has 1 aliphatic rings. The first-order valence-corrected chi connectivity index (χ1v) is 7.83. The number of hydrogen-bond acceptors (Lipinski definition) is 3. The van der Waals surface area contributed by atoms with E-state index >= 15 is 0 Å². The lowest BCUT2D eigenvalue weighted by atomic mass is 9.97. The summed E-state index contributed by atoms with van der Waals surface area (Å²) in [6, 6.07) is 14.4. The Balaban J connectivity index is 1.72. The van der Waals surface area contributed by atoms with Gasteiger partial charge in [-0.15, -0.1) is 0 Å². The van der Waals surface area contributed by atoms with Crippen LogP contribution in [0.25, 0.3) is 0 Å². The largest absolute Gasteiger partial charge is 0.478 e. The zero-order valence-corrected chi connectivity index (χ0v) is 13.4. The second-order valence-electron chi connectivity index (χ2n) is 5.90. The monoisotopic (exact) mass is 325 g/mol. The number of carboxylic acid groups (broad SMARTS) is 1. The molecule has 1 unspecified atom stereocenters. The Hall–Kier alpha value is -2.66. The minimum Gasteiger partial charge on any atom is -0.478 e. The summed E-state index contributed by atoms with van der Waals surface area (Å²) in [5, 5.41) is 8.93. The minimum atomic E-state index is -0.960. The fourth-order valence-electron chi connectivity index (χ4n) is 2.90. The second-order valence-corrected chi connectivity index (χ2v) is 5.90. The number of likely N-dealkylation sites (N-methyl/N-ethyl adjacent to an activating group) is 1. The number of benzene rings is 2. The lowest BCUT2D eigenvalue weighted by Crippen LogP contribution is -2.35. The topological polar surface area (TPSA) is 66.8 Å². The van der Waals surface area contributed by atoms with Crippen LogP contribution in [0, 0.1) is 0 Å². The summed E-state index contributed by atoms with van der Waals surface area (Å²) in [5.41, 5.74) is 3.19. The van der Waals surface area contributed by atoms with Crippen molar-refractivity contribution >= 4 is 11.9 Å². The van der Waals surface area contributed by atoms with Crippen LogP contribution < -0.4 is 0 Å². The van der Waals surface area contributed by atoms with Gasteiger partial charge in [0.1, 0.15) is 0 Å². The molecule has 2 aromatic rings. The van der Waals surface area contributed by atoms with Gasteiger partial charge in [-0.25, -0.2) is 4.79 Å². The Morgan fingerprint density at radius 3 is 2.58 bits per heavy atom. The number of carbonyl (C=O) groups excluding carboxylic acids is 1. The molecular formula is C19H19NO4. The third-order valence-corrected chi connectivity index (χ3v) is 4.21. The molecule has 0 fully saturated rings. The van der Waals surface area contributed by atoms with Crippen LogP contribution in [0.5, 0.6) is 0 Å². The molecule has 1 amide bonds. The van der Waals surface area contributed by atoms with Crippen molar-refractivity contribution in [1.29, 1.82) is 0 Å². The zero-order valence-electron chi connectivity index (χ0n) is 13.4. The van der Waals surface area contributed by atoms with Gasteiger partial charge in [0.2, 0.25) is 0 Å². The number of hydrogen-bond donors (Lipinski definition) is 1. The summed E-state index contributed by atoms with van der Waals surface area (Å²) < 4.78 is 5.71. The van der Waals surface area contributed by atoms with Crippen LogP contribution in [0.4, 0.5) is 0 Å². The number of ether oxygens (including phenoxy) is 1. The summed E-state index contributed by atoms with van der Waals surface area (Å²) in [7, 11) is 1.73. The fourth-order valence-corrected chi connectivity index (χ4v) is 2.90. The highest BCUT2D eigenvalue weighted by Crippen LogP contribution is 2.28. The van der Waals surface area contributed by atoms with E-state index in [4.69, 9.17) is 9.84 Å². The van der Waals surface area contributed by atoms with Gasteiger partial charge in [0.05, 0.1) is 12.2 Å². The average Bonchev–Trinajstić information content (AvgIpc) is 2.61. The van der Waals surface area contributed by atoms with Crippen molar-refractivity contribution < 1.29 is 19.4 Å². The molecule has 24 heavy (non-hydrogen) atoms. The molecular weight excluding hydrogens is 306 g/mol. The first kappa shape index (κ1) is 16.2. The van der Waals surface area contributed by atoms with Crippen LogP contribution in [0.15, 0.2) is 48.5 Å². The highest BCUT2D eigenvalue weighted by atomic mass is 16.5. The Morgan fingerprint density at radius 2 is 1.88 bits per heavy atom. The first-order valence-electron chi connectivity index (χ1n) is 7.83. The zero-order chi connectivity index (χ0) is 17.1. The molecule has 0 saturated heterocycles. The molecule has 1 N–H and O–H groups in total. The number of rotatable bonds is 4. The van der Waals surface area contributed by atoms with Crippen LogP contribution in [0.1, 0.15) is 33.2 Å². The van der Waals surface area contributed by atoms with Crippen molar-refractivity contribution in [3.05, 3.63) is 70.8 Å². The summed E-state index contributed by atoms with van der Waals surface area (Å²) >= 11 is 0. The lowest BCUT2D eigenvalue weighted by molar-refractivity contribution is -0.144. The molecule has 1 atom stereocenters. The van der Waals surface area contributed by atoms with Crippen molar-refractivity contribution in [1.82, 2.24) is 4.90 Å². The Labute approximate surface area is 140 Å². The maximum absolute atomic E-state index is 12.7. The van der Waals surface area contributed by atoms with Gasteiger partial charge in [-0.1, -0.05) is 36.4 Å². The second kappa shape index (κ2) is 6.84. The van der Waals surface area contributed by atoms with Gasteiger partial charge in [0.15, 0.2) is 6.10 Å². The van der Waals surface area contributed by atoms with E-state index in [1.807, 2.05) is 24.3 Å². The molecule has 3 rings (SSSR count). The van der Waals surface area contributed by atoms with Gasteiger partial charge in [0, 0.05) is 13.6 Å². The number of aromatic carboxylic acids is 1. The molecule has 2 aromatic carbocycles.